The van der Waals surface area contributed by atoms with Gasteiger partial charge in [0.1, 0.15) is 5.52 Å². The standard InChI is InChI=1S/C18H20N4O6S/c1-29(26,27)28-11-10-19-8-9-20-14-6-7-15(22(24)25)17-16(14)18(23)12-4-2-3-5-13(12)21-17/h2-7,19-20H,8-11H2,1H3,(H,21,23). The highest BCUT2D eigenvalue weighted by Gasteiger charge is 2.19. The van der Waals surface area contributed by atoms with Gasteiger partial charge in [-0.15, -0.1) is 0 Å². The minimum atomic E-state index is -3.47. The largest absolute Gasteiger partial charge is 0.383 e. The average molecular weight is 420 g/mol. The SMILES string of the molecule is CS(=O)(=O)OCCNCCNc1ccc([N+](=O)[O-])c2[nH]c3ccccc3c(=O)c12. The van der Waals surface area contributed by atoms with Gasteiger partial charge in [-0.1, -0.05) is 12.1 Å². The second-order valence-corrected chi connectivity index (χ2v) is 7.99. The van der Waals surface area contributed by atoms with Gasteiger partial charge in [-0.2, -0.15) is 8.42 Å². The molecule has 0 aliphatic carbocycles. The molecule has 0 unspecified atom stereocenters. The van der Waals surface area contributed by atoms with Crippen molar-refractivity contribution in [1.82, 2.24) is 10.3 Å². The molecule has 0 radical (unpaired) electrons. The zero-order valence-corrected chi connectivity index (χ0v) is 16.4. The van der Waals surface area contributed by atoms with Crippen LogP contribution in [0.5, 0.6) is 0 Å². The lowest BCUT2D eigenvalue weighted by molar-refractivity contribution is -0.383. The van der Waals surface area contributed by atoms with E-state index >= 15 is 0 Å². The van der Waals surface area contributed by atoms with Gasteiger partial charge >= 0.3 is 0 Å². The maximum atomic E-state index is 13.0. The van der Waals surface area contributed by atoms with Crippen LogP contribution in [0.2, 0.25) is 0 Å². The summed E-state index contributed by atoms with van der Waals surface area (Å²) in [5, 5.41) is 18.2. The number of benzene rings is 2. The molecule has 0 bridgehead atoms. The van der Waals surface area contributed by atoms with Crippen molar-refractivity contribution in [3.63, 3.8) is 0 Å². The maximum absolute atomic E-state index is 13.0. The van der Waals surface area contributed by atoms with E-state index in [1.54, 1.807) is 24.3 Å². The van der Waals surface area contributed by atoms with Crippen molar-refractivity contribution in [3.05, 3.63) is 56.7 Å². The van der Waals surface area contributed by atoms with Crippen molar-refractivity contribution in [1.29, 1.82) is 0 Å². The van der Waals surface area contributed by atoms with Gasteiger partial charge in [0, 0.05) is 42.3 Å². The summed E-state index contributed by atoms with van der Waals surface area (Å²) in [5.41, 5.74) is 0.697. The Morgan fingerprint density at radius 1 is 1.14 bits per heavy atom. The number of hydrogen-bond donors (Lipinski definition) is 3. The number of aromatic nitrogens is 1. The Bertz CT molecular complexity index is 1220. The van der Waals surface area contributed by atoms with Gasteiger partial charge in [0.05, 0.1) is 23.2 Å². The normalized spacial score (nSPS) is 11.8. The van der Waals surface area contributed by atoms with E-state index in [0.717, 1.165) is 6.26 Å². The van der Waals surface area contributed by atoms with Crippen LogP contribution in [0, 0.1) is 10.1 Å². The first-order valence-electron chi connectivity index (χ1n) is 8.79. The topological polar surface area (TPSA) is 143 Å². The molecule has 0 aliphatic rings. The first-order chi connectivity index (χ1) is 13.8. The minimum Gasteiger partial charge on any atom is -0.383 e. The van der Waals surface area contributed by atoms with Crippen LogP contribution < -0.4 is 16.1 Å². The quantitative estimate of drug-likeness (QED) is 0.156. The monoisotopic (exact) mass is 420 g/mol. The Kier molecular flexibility index (Phi) is 6.11. The molecule has 11 heteroatoms. The number of H-pyrrole nitrogens is 1. The first kappa shape index (κ1) is 20.7. The van der Waals surface area contributed by atoms with Gasteiger partial charge in [-0.25, -0.2) is 0 Å². The number of fused-ring (bicyclic) bond motifs is 2. The van der Waals surface area contributed by atoms with E-state index in [0.29, 0.717) is 36.2 Å². The Morgan fingerprint density at radius 2 is 1.90 bits per heavy atom. The van der Waals surface area contributed by atoms with Crippen LogP contribution in [0.3, 0.4) is 0 Å². The van der Waals surface area contributed by atoms with E-state index in [-0.39, 0.29) is 28.6 Å². The third-order valence-electron chi connectivity index (χ3n) is 4.23. The Hall–Kier alpha value is -3.02. The van der Waals surface area contributed by atoms with Crippen LogP contribution in [0.25, 0.3) is 21.8 Å². The molecule has 10 nitrogen and oxygen atoms in total. The molecule has 1 aromatic heterocycles. The molecule has 1 heterocycles. The molecule has 2 aromatic carbocycles. The average Bonchev–Trinajstić information content (AvgIpc) is 2.66. The summed E-state index contributed by atoms with van der Waals surface area (Å²) < 4.78 is 26.4. The third kappa shape index (κ3) is 4.88. The molecule has 0 amide bonds. The number of anilines is 1. The summed E-state index contributed by atoms with van der Waals surface area (Å²) in [6.07, 6.45) is 0.982. The number of non-ortho nitro benzene ring substituents is 1. The highest BCUT2D eigenvalue weighted by molar-refractivity contribution is 7.85. The first-order valence-corrected chi connectivity index (χ1v) is 10.6. The fourth-order valence-electron chi connectivity index (χ4n) is 2.99. The molecular formula is C18H20N4O6S. The van der Waals surface area contributed by atoms with Crippen LogP contribution in [0.1, 0.15) is 0 Å². The number of pyridine rings is 1. The number of hydrogen-bond acceptors (Lipinski definition) is 8. The van der Waals surface area contributed by atoms with Crippen LogP contribution in [-0.4, -0.2) is 50.8 Å². The fourth-order valence-corrected chi connectivity index (χ4v) is 3.37. The Morgan fingerprint density at radius 3 is 2.62 bits per heavy atom. The number of nitro benzene ring substituents is 1. The molecule has 154 valence electrons. The predicted octanol–water partition coefficient (Wildman–Crippen LogP) is 1.57. The lowest BCUT2D eigenvalue weighted by Gasteiger charge is -2.11. The predicted molar refractivity (Wildman–Crippen MR) is 111 cm³/mol. The van der Waals surface area contributed by atoms with E-state index in [9.17, 15) is 23.3 Å². The molecule has 0 aliphatic heterocycles. The number of rotatable bonds is 9. The molecular weight excluding hydrogens is 400 g/mol. The molecule has 3 N–H and O–H groups in total. The van der Waals surface area contributed by atoms with E-state index in [1.807, 2.05) is 0 Å². The van der Waals surface area contributed by atoms with E-state index in [4.69, 9.17) is 0 Å². The third-order valence-corrected chi connectivity index (χ3v) is 4.83. The minimum absolute atomic E-state index is 0.0188. The number of para-hydroxylation sites is 1. The lowest BCUT2D eigenvalue weighted by atomic mass is 10.1. The van der Waals surface area contributed by atoms with Gasteiger partial charge in [0.25, 0.3) is 15.8 Å². The number of nitrogens with zero attached hydrogens (tertiary/aromatic N) is 1. The van der Waals surface area contributed by atoms with Gasteiger partial charge in [0.2, 0.25) is 0 Å². The summed E-state index contributed by atoms with van der Waals surface area (Å²) in [6.45, 7) is 1.24. The van der Waals surface area contributed by atoms with Gasteiger partial charge in [-0.05, 0) is 18.2 Å². The second-order valence-electron chi connectivity index (χ2n) is 6.34. The van der Waals surface area contributed by atoms with Crippen LogP contribution in [-0.2, 0) is 14.3 Å². The van der Waals surface area contributed by atoms with E-state index in [1.165, 1.54) is 12.1 Å². The molecule has 0 saturated heterocycles. The smallest absolute Gasteiger partial charge is 0.293 e. The molecule has 0 atom stereocenters. The molecule has 3 aromatic rings. The lowest BCUT2D eigenvalue weighted by Crippen LogP contribution is -2.26. The fraction of sp³-hybridized carbons (Fsp3) is 0.278. The van der Waals surface area contributed by atoms with Crippen LogP contribution in [0.4, 0.5) is 11.4 Å². The van der Waals surface area contributed by atoms with Gasteiger partial charge in [0.15, 0.2) is 5.43 Å². The van der Waals surface area contributed by atoms with Crippen LogP contribution in [0.15, 0.2) is 41.2 Å². The van der Waals surface area contributed by atoms with Crippen molar-refractivity contribution in [2.24, 2.45) is 0 Å². The zero-order chi connectivity index (χ0) is 21.0. The number of nitrogens with one attached hydrogen (secondary N) is 3. The van der Waals surface area contributed by atoms with E-state index in [2.05, 4.69) is 19.8 Å². The molecule has 0 spiro atoms. The Labute approximate surface area is 166 Å². The van der Waals surface area contributed by atoms with Crippen molar-refractivity contribution < 1.29 is 17.5 Å². The zero-order valence-electron chi connectivity index (χ0n) is 15.6. The molecule has 0 fully saturated rings. The van der Waals surface area contributed by atoms with Gasteiger partial charge in [-0.3, -0.25) is 19.1 Å². The highest BCUT2D eigenvalue weighted by atomic mass is 32.2. The molecule has 29 heavy (non-hydrogen) atoms. The number of nitro groups is 1. The van der Waals surface area contributed by atoms with Crippen molar-refractivity contribution in [2.75, 3.05) is 37.8 Å². The van der Waals surface area contributed by atoms with Crippen LogP contribution >= 0.6 is 0 Å². The summed E-state index contributed by atoms with van der Waals surface area (Å²) >= 11 is 0. The maximum Gasteiger partial charge on any atom is 0.293 e. The highest BCUT2D eigenvalue weighted by Crippen LogP contribution is 2.29. The second kappa shape index (κ2) is 8.55. The summed E-state index contributed by atoms with van der Waals surface area (Å²) in [5.74, 6) is 0. The van der Waals surface area contributed by atoms with Gasteiger partial charge < -0.3 is 15.6 Å². The van der Waals surface area contributed by atoms with Crippen molar-refractivity contribution in [3.8, 4) is 0 Å². The van der Waals surface area contributed by atoms with Crippen molar-refractivity contribution >= 4 is 43.3 Å². The Balaban J connectivity index is 1.81. The summed E-state index contributed by atoms with van der Waals surface area (Å²) in [6, 6.07) is 9.70. The van der Waals surface area contributed by atoms with Crippen molar-refractivity contribution in [2.45, 2.75) is 0 Å². The molecule has 3 rings (SSSR count). The molecule has 0 saturated carbocycles. The summed E-state index contributed by atoms with van der Waals surface area (Å²) in [7, 11) is -3.47. The summed E-state index contributed by atoms with van der Waals surface area (Å²) in [4.78, 5) is 26.9. The number of aromatic amines is 1. The van der Waals surface area contributed by atoms with E-state index < -0.39 is 15.0 Å².